The molecule has 3 aromatic rings. The van der Waals surface area contributed by atoms with E-state index in [0.29, 0.717) is 17.0 Å². The predicted octanol–water partition coefficient (Wildman–Crippen LogP) is 3.45. The Hall–Kier alpha value is -3.24. The van der Waals surface area contributed by atoms with Crippen LogP contribution in [0, 0.1) is 11.3 Å². The smallest absolute Gasteiger partial charge is 0.256 e. The highest BCUT2D eigenvalue weighted by atomic mass is 32.1. The molecule has 0 aliphatic heterocycles. The van der Waals surface area contributed by atoms with Gasteiger partial charge in [0.1, 0.15) is 11.8 Å². The number of nitrogens with one attached hydrogen (secondary N) is 1. The Labute approximate surface area is 136 Å². The minimum Gasteiger partial charge on any atom is -0.436 e. The zero-order valence-electron chi connectivity index (χ0n) is 11.8. The second-order valence-electron chi connectivity index (χ2n) is 4.41. The van der Waals surface area contributed by atoms with Crippen molar-refractivity contribution in [3.63, 3.8) is 0 Å². The number of carbonyl (C=O) groups is 1. The maximum Gasteiger partial charge on any atom is 0.256 e. The van der Waals surface area contributed by atoms with Crippen LogP contribution >= 0.6 is 11.3 Å². The summed E-state index contributed by atoms with van der Waals surface area (Å²) in [6, 6.07) is 10.5. The van der Waals surface area contributed by atoms with E-state index in [1.165, 1.54) is 23.7 Å². The van der Waals surface area contributed by atoms with Gasteiger partial charge in [0.25, 0.3) is 11.8 Å². The van der Waals surface area contributed by atoms with Gasteiger partial charge in [0.05, 0.1) is 5.56 Å². The number of nitrogens with zero attached hydrogens (tertiary/aromatic N) is 3. The van der Waals surface area contributed by atoms with Crippen molar-refractivity contribution >= 4 is 22.9 Å². The average Bonchev–Trinajstić information content (AvgIpc) is 3.12. The molecule has 0 aliphatic carbocycles. The van der Waals surface area contributed by atoms with Crippen LogP contribution in [0.1, 0.15) is 16.1 Å². The lowest BCUT2D eigenvalue weighted by molar-refractivity contribution is 0.102. The molecule has 0 saturated carbocycles. The molecule has 0 aliphatic rings. The minimum absolute atomic E-state index is 0.113. The normalized spacial score (nSPS) is 9.87. The van der Waals surface area contributed by atoms with E-state index in [1.54, 1.807) is 35.7 Å². The van der Waals surface area contributed by atoms with Gasteiger partial charge in [0.15, 0.2) is 0 Å². The molecule has 0 spiro atoms. The second-order valence-corrected chi connectivity index (χ2v) is 5.19. The molecule has 1 N–H and O–H groups in total. The third-order valence-electron chi connectivity index (χ3n) is 2.88. The number of benzene rings is 1. The van der Waals surface area contributed by atoms with Crippen LogP contribution in [0.4, 0.5) is 5.69 Å². The third kappa shape index (κ3) is 3.51. The highest BCUT2D eigenvalue weighted by molar-refractivity contribution is 7.08. The Morgan fingerprint density at radius 2 is 1.96 bits per heavy atom. The van der Waals surface area contributed by atoms with Crippen molar-refractivity contribution in [3.05, 3.63) is 64.7 Å². The second kappa shape index (κ2) is 6.68. The van der Waals surface area contributed by atoms with Crippen LogP contribution in [-0.4, -0.2) is 15.9 Å². The monoisotopic (exact) mass is 322 g/mol. The quantitative estimate of drug-likeness (QED) is 0.794. The first-order chi connectivity index (χ1) is 11.3. The number of ether oxygens (including phenoxy) is 1. The van der Waals surface area contributed by atoms with E-state index in [-0.39, 0.29) is 17.5 Å². The number of aromatic nitrogens is 2. The van der Waals surface area contributed by atoms with Crippen LogP contribution in [-0.2, 0) is 0 Å². The Bertz CT molecular complexity index is 855. The summed E-state index contributed by atoms with van der Waals surface area (Å²) < 4.78 is 5.53. The van der Waals surface area contributed by atoms with Crippen molar-refractivity contribution in [2.24, 2.45) is 0 Å². The molecule has 0 saturated heterocycles. The van der Waals surface area contributed by atoms with E-state index in [1.807, 2.05) is 11.4 Å². The molecule has 0 bridgehead atoms. The Morgan fingerprint density at radius 1 is 1.17 bits per heavy atom. The van der Waals surface area contributed by atoms with E-state index < -0.39 is 0 Å². The Kier molecular flexibility index (Phi) is 4.27. The highest BCUT2D eigenvalue weighted by Gasteiger charge is 2.08. The van der Waals surface area contributed by atoms with Gasteiger partial charge in [0.2, 0.25) is 5.69 Å². The van der Waals surface area contributed by atoms with Crippen LogP contribution in [0.3, 0.4) is 0 Å². The molecule has 6 nitrogen and oxygen atoms in total. The summed E-state index contributed by atoms with van der Waals surface area (Å²) in [5.41, 5.74) is 1.38. The van der Waals surface area contributed by atoms with E-state index in [4.69, 9.17) is 10.00 Å². The van der Waals surface area contributed by atoms with Crippen molar-refractivity contribution in [2.75, 3.05) is 5.32 Å². The van der Waals surface area contributed by atoms with Gasteiger partial charge in [-0.25, -0.2) is 9.97 Å². The molecule has 0 unspecified atom stereocenters. The molecular weight excluding hydrogens is 312 g/mol. The maximum atomic E-state index is 11.9. The van der Waals surface area contributed by atoms with Crippen LogP contribution in [0.15, 0.2) is 53.5 Å². The molecule has 112 valence electrons. The molecular formula is C16H10N4O2S. The van der Waals surface area contributed by atoms with Crippen molar-refractivity contribution in [2.45, 2.75) is 0 Å². The summed E-state index contributed by atoms with van der Waals surface area (Å²) in [6.45, 7) is 0. The standard InChI is InChI=1S/C16H10N4O2S/c17-9-14-16(19-7-6-18-14)22-13-3-1-12(2-4-13)20-15(21)11-5-8-23-10-11/h1-8,10H,(H,20,21). The van der Waals surface area contributed by atoms with Gasteiger partial charge >= 0.3 is 0 Å². The van der Waals surface area contributed by atoms with Gasteiger partial charge in [0, 0.05) is 23.5 Å². The van der Waals surface area contributed by atoms with Gasteiger partial charge in [-0.3, -0.25) is 4.79 Å². The summed E-state index contributed by atoms with van der Waals surface area (Å²) in [5, 5.41) is 15.4. The summed E-state index contributed by atoms with van der Waals surface area (Å²) in [5.74, 6) is 0.473. The SMILES string of the molecule is N#Cc1nccnc1Oc1ccc(NC(=O)c2ccsc2)cc1. The summed E-state index contributed by atoms with van der Waals surface area (Å²) in [4.78, 5) is 19.8. The maximum absolute atomic E-state index is 11.9. The number of thiophene rings is 1. The van der Waals surface area contributed by atoms with Crippen molar-refractivity contribution in [1.82, 2.24) is 9.97 Å². The molecule has 1 aromatic carbocycles. The lowest BCUT2D eigenvalue weighted by Crippen LogP contribution is -2.10. The average molecular weight is 322 g/mol. The number of hydrogen-bond donors (Lipinski definition) is 1. The Balaban J connectivity index is 1.70. The van der Waals surface area contributed by atoms with Crippen LogP contribution < -0.4 is 10.1 Å². The molecule has 1 amide bonds. The largest absolute Gasteiger partial charge is 0.436 e. The molecule has 2 aromatic heterocycles. The van der Waals surface area contributed by atoms with Crippen molar-refractivity contribution in [3.8, 4) is 17.7 Å². The molecule has 0 radical (unpaired) electrons. The molecule has 3 rings (SSSR count). The van der Waals surface area contributed by atoms with Gasteiger partial charge in [-0.05, 0) is 35.7 Å². The summed E-state index contributed by atoms with van der Waals surface area (Å²) in [6.07, 6.45) is 2.88. The fourth-order valence-corrected chi connectivity index (χ4v) is 2.43. The lowest BCUT2D eigenvalue weighted by atomic mass is 10.2. The molecule has 0 fully saturated rings. The first-order valence-corrected chi connectivity index (χ1v) is 7.53. The van der Waals surface area contributed by atoms with E-state index in [2.05, 4.69) is 15.3 Å². The molecule has 7 heteroatoms. The van der Waals surface area contributed by atoms with Gasteiger partial charge < -0.3 is 10.1 Å². The summed E-state index contributed by atoms with van der Waals surface area (Å²) >= 11 is 1.47. The topological polar surface area (TPSA) is 87.9 Å². The van der Waals surface area contributed by atoms with Crippen LogP contribution in [0.5, 0.6) is 11.6 Å². The molecule has 0 atom stereocenters. The fraction of sp³-hybridized carbons (Fsp3) is 0. The summed E-state index contributed by atoms with van der Waals surface area (Å²) in [7, 11) is 0. The number of anilines is 1. The number of carbonyl (C=O) groups excluding carboxylic acids is 1. The fourth-order valence-electron chi connectivity index (χ4n) is 1.79. The van der Waals surface area contributed by atoms with Crippen molar-refractivity contribution in [1.29, 1.82) is 5.26 Å². The zero-order chi connectivity index (χ0) is 16.1. The lowest BCUT2D eigenvalue weighted by Gasteiger charge is -2.07. The van der Waals surface area contributed by atoms with E-state index >= 15 is 0 Å². The molecule has 2 heterocycles. The van der Waals surface area contributed by atoms with Crippen molar-refractivity contribution < 1.29 is 9.53 Å². The number of rotatable bonds is 4. The predicted molar refractivity (Wildman–Crippen MR) is 85.5 cm³/mol. The third-order valence-corrected chi connectivity index (χ3v) is 3.56. The van der Waals surface area contributed by atoms with Gasteiger partial charge in [-0.15, -0.1) is 0 Å². The highest BCUT2D eigenvalue weighted by Crippen LogP contribution is 2.23. The minimum atomic E-state index is -0.166. The van der Waals surface area contributed by atoms with E-state index in [0.717, 1.165) is 0 Å². The Morgan fingerprint density at radius 3 is 2.65 bits per heavy atom. The first-order valence-electron chi connectivity index (χ1n) is 6.59. The number of amides is 1. The number of hydrogen-bond acceptors (Lipinski definition) is 6. The van der Waals surface area contributed by atoms with Gasteiger partial charge in [-0.1, -0.05) is 0 Å². The number of nitriles is 1. The van der Waals surface area contributed by atoms with E-state index in [9.17, 15) is 4.79 Å². The van der Waals surface area contributed by atoms with Crippen LogP contribution in [0.2, 0.25) is 0 Å². The first kappa shape index (κ1) is 14.7. The molecule has 23 heavy (non-hydrogen) atoms. The zero-order valence-corrected chi connectivity index (χ0v) is 12.6. The van der Waals surface area contributed by atoms with Crippen LogP contribution in [0.25, 0.3) is 0 Å². The van der Waals surface area contributed by atoms with Gasteiger partial charge in [-0.2, -0.15) is 16.6 Å².